The van der Waals surface area contributed by atoms with Crippen LogP contribution < -0.4 is 5.56 Å². The molecule has 3 heterocycles. The molecule has 0 saturated carbocycles. The maximum atomic E-state index is 13.0. The van der Waals surface area contributed by atoms with Gasteiger partial charge in [0, 0.05) is 28.9 Å². The molecule has 0 atom stereocenters. The number of fused-ring (bicyclic) bond motifs is 1. The average Bonchev–Trinajstić information content (AvgIpc) is 3.07. The van der Waals surface area contributed by atoms with Gasteiger partial charge in [0.25, 0.3) is 5.56 Å². The van der Waals surface area contributed by atoms with Crippen molar-refractivity contribution in [2.24, 2.45) is 5.10 Å². The summed E-state index contributed by atoms with van der Waals surface area (Å²) in [5.74, 6) is 0.555. The van der Waals surface area contributed by atoms with Crippen LogP contribution in [0.3, 0.4) is 0 Å². The number of aryl methyl sites for hydroxylation is 1. The molecule has 0 fully saturated rings. The van der Waals surface area contributed by atoms with Gasteiger partial charge >= 0.3 is 0 Å². The van der Waals surface area contributed by atoms with E-state index in [9.17, 15) is 4.79 Å². The molecule has 6 heteroatoms. The third kappa shape index (κ3) is 2.88. The second kappa shape index (κ2) is 6.41. The summed E-state index contributed by atoms with van der Waals surface area (Å²) in [5, 5.41) is 6.90. The molecule has 0 unspecified atom stereocenters. The summed E-state index contributed by atoms with van der Waals surface area (Å²) >= 11 is 1.47. The Morgan fingerprint density at radius 3 is 2.76 bits per heavy atom. The standard InChI is InChI=1S/C19H14N4OS/c1-13-22-18-17(16(12-25-18)15-7-3-2-4-8-15)19(24)23(13)21-11-14-6-5-9-20-10-14/h2-12H,1H3/b21-11-. The van der Waals surface area contributed by atoms with Gasteiger partial charge in [-0.25, -0.2) is 4.98 Å². The lowest BCUT2D eigenvalue weighted by Gasteiger charge is -2.04. The topological polar surface area (TPSA) is 60.1 Å². The summed E-state index contributed by atoms with van der Waals surface area (Å²) < 4.78 is 1.34. The molecule has 0 radical (unpaired) electrons. The Balaban J connectivity index is 1.89. The van der Waals surface area contributed by atoms with Crippen LogP contribution in [0.15, 0.2) is 70.1 Å². The van der Waals surface area contributed by atoms with Crippen molar-refractivity contribution in [1.82, 2.24) is 14.6 Å². The van der Waals surface area contributed by atoms with Crippen molar-refractivity contribution in [1.29, 1.82) is 0 Å². The number of aromatic nitrogens is 3. The molecule has 0 saturated heterocycles. The Kier molecular flexibility index (Phi) is 3.95. The Morgan fingerprint density at radius 2 is 2.00 bits per heavy atom. The highest BCUT2D eigenvalue weighted by Crippen LogP contribution is 2.30. The largest absolute Gasteiger partial charge is 0.283 e. The minimum Gasteiger partial charge on any atom is -0.267 e. The molecule has 4 rings (SSSR count). The lowest BCUT2D eigenvalue weighted by Crippen LogP contribution is -2.20. The molecule has 0 N–H and O–H groups in total. The van der Waals surface area contributed by atoms with E-state index in [4.69, 9.17) is 0 Å². The highest BCUT2D eigenvalue weighted by Gasteiger charge is 2.14. The number of pyridine rings is 1. The van der Waals surface area contributed by atoms with E-state index in [2.05, 4.69) is 15.1 Å². The van der Waals surface area contributed by atoms with E-state index in [1.807, 2.05) is 47.8 Å². The van der Waals surface area contributed by atoms with Crippen molar-refractivity contribution in [3.05, 3.63) is 82.0 Å². The van der Waals surface area contributed by atoms with Gasteiger partial charge in [0.05, 0.1) is 11.6 Å². The first-order valence-corrected chi connectivity index (χ1v) is 8.62. The second-order valence-corrected chi connectivity index (χ2v) is 6.36. The lowest BCUT2D eigenvalue weighted by atomic mass is 10.1. The molecule has 0 spiro atoms. The number of rotatable bonds is 3. The van der Waals surface area contributed by atoms with Crippen LogP contribution in [0.4, 0.5) is 0 Å². The van der Waals surface area contributed by atoms with Crippen LogP contribution in [0, 0.1) is 6.92 Å². The van der Waals surface area contributed by atoms with Crippen LogP contribution in [-0.2, 0) is 0 Å². The van der Waals surface area contributed by atoms with Crippen molar-refractivity contribution >= 4 is 27.8 Å². The van der Waals surface area contributed by atoms with Crippen molar-refractivity contribution in [2.75, 3.05) is 0 Å². The summed E-state index contributed by atoms with van der Waals surface area (Å²) in [6, 6.07) is 13.6. The number of benzene rings is 1. The summed E-state index contributed by atoms with van der Waals surface area (Å²) in [6.45, 7) is 1.78. The Labute approximate surface area is 147 Å². The fourth-order valence-electron chi connectivity index (χ4n) is 2.63. The quantitative estimate of drug-likeness (QED) is 0.531. The summed E-state index contributed by atoms with van der Waals surface area (Å²) in [7, 11) is 0. The van der Waals surface area contributed by atoms with Crippen molar-refractivity contribution in [2.45, 2.75) is 6.92 Å². The van der Waals surface area contributed by atoms with E-state index in [1.54, 1.807) is 25.5 Å². The number of nitrogens with zero attached hydrogens (tertiary/aromatic N) is 4. The van der Waals surface area contributed by atoms with Crippen LogP contribution >= 0.6 is 11.3 Å². The van der Waals surface area contributed by atoms with Crippen molar-refractivity contribution in [3.8, 4) is 11.1 Å². The lowest BCUT2D eigenvalue weighted by molar-refractivity contribution is 0.772. The molecule has 25 heavy (non-hydrogen) atoms. The predicted molar refractivity (Wildman–Crippen MR) is 101 cm³/mol. The summed E-state index contributed by atoms with van der Waals surface area (Å²) in [4.78, 5) is 22.3. The van der Waals surface area contributed by atoms with Crippen LogP contribution in [0.1, 0.15) is 11.4 Å². The van der Waals surface area contributed by atoms with Crippen LogP contribution in [0.2, 0.25) is 0 Å². The third-order valence-corrected chi connectivity index (χ3v) is 4.71. The van der Waals surface area contributed by atoms with Gasteiger partial charge in [0.15, 0.2) is 0 Å². The van der Waals surface area contributed by atoms with E-state index in [0.717, 1.165) is 21.5 Å². The first-order chi connectivity index (χ1) is 12.2. The number of thiophene rings is 1. The Hall–Kier alpha value is -3.12. The summed E-state index contributed by atoms with van der Waals surface area (Å²) in [6.07, 6.45) is 5.00. The predicted octanol–water partition coefficient (Wildman–Crippen LogP) is 3.71. The van der Waals surface area contributed by atoms with Crippen molar-refractivity contribution < 1.29 is 0 Å². The fraction of sp³-hybridized carbons (Fsp3) is 0.0526. The van der Waals surface area contributed by atoms with Gasteiger partial charge in [0.1, 0.15) is 10.7 Å². The fourth-order valence-corrected chi connectivity index (χ4v) is 3.61. The van der Waals surface area contributed by atoms with Gasteiger partial charge in [-0.3, -0.25) is 9.78 Å². The highest BCUT2D eigenvalue weighted by atomic mass is 32.1. The smallest absolute Gasteiger partial charge is 0.267 e. The Bertz CT molecular complexity index is 1110. The van der Waals surface area contributed by atoms with E-state index in [-0.39, 0.29) is 5.56 Å². The normalized spacial score (nSPS) is 11.4. The highest BCUT2D eigenvalue weighted by molar-refractivity contribution is 7.17. The molecule has 0 amide bonds. The minimum atomic E-state index is -0.164. The third-order valence-electron chi connectivity index (χ3n) is 3.84. The van der Waals surface area contributed by atoms with Crippen LogP contribution in [0.25, 0.3) is 21.3 Å². The maximum absolute atomic E-state index is 13.0. The number of hydrogen-bond donors (Lipinski definition) is 0. The minimum absolute atomic E-state index is 0.164. The molecule has 0 aliphatic carbocycles. The molecule has 0 aliphatic rings. The molecular formula is C19H14N4OS. The van der Waals surface area contributed by atoms with E-state index < -0.39 is 0 Å². The molecule has 5 nitrogen and oxygen atoms in total. The molecule has 0 bridgehead atoms. The molecule has 0 aliphatic heterocycles. The van der Waals surface area contributed by atoms with E-state index in [1.165, 1.54) is 16.0 Å². The zero-order valence-electron chi connectivity index (χ0n) is 13.5. The second-order valence-electron chi connectivity index (χ2n) is 5.50. The Morgan fingerprint density at radius 1 is 1.16 bits per heavy atom. The molecule has 3 aromatic heterocycles. The molecular weight excluding hydrogens is 332 g/mol. The van der Waals surface area contributed by atoms with Crippen molar-refractivity contribution in [3.63, 3.8) is 0 Å². The zero-order chi connectivity index (χ0) is 17.2. The van der Waals surface area contributed by atoms with Gasteiger partial charge in [-0.15, -0.1) is 11.3 Å². The zero-order valence-corrected chi connectivity index (χ0v) is 14.3. The average molecular weight is 346 g/mol. The van der Waals surface area contributed by atoms with Gasteiger partial charge in [0.2, 0.25) is 0 Å². The summed E-state index contributed by atoms with van der Waals surface area (Å²) in [5.41, 5.74) is 2.55. The molecule has 1 aromatic carbocycles. The van der Waals surface area contributed by atoms with E-state index in [0.29, 0.717) is 11.2 Å². The molecule has 4 aromatic rings. The first-order valence-electron chi connectivity index (χ1n) is 7.75. The SMILES string of the molecule is Cc1nc2scc(-c3ccccc3)c2c(=O)n1/N=C\c1cccnc1. The first kappa shape index (κ1) is 15.4. The van der Waals surface area contributed by atoms with Gasteiger partial charge < -0.3 is 0 Å². The van der Waals surface area contributed by atoms with Crippen LogP contribution in [-0.4, -0.2) is 20.9 Å². The monoisotopic (exact) mass is 346 g/mol. The maximum Gasteiger partial charge on any atom is 0.283 e. The molecule has 122 valence electrons. The van der Waals surface area contributed by atoms with Gasteiger partial charge in [-0.05, 0) is 18.6 Å². The van der Waals surface area contributed by atoms with Gasteiger partial charge in [-0.2, -0.15) is 9.78 Å². The van der Waals surface area contributed by atoms with Gasteiger partial charge in [-0.1, -0.05) is 36.4 Å². The van der Waals surface area contributed by atoms with E-state index >= 15 is 0 Å². The number of hydrogen-bond acceptors (Lipinski definition) is 5. The van der Waals surface area contributed by atoms with Crippen LogP contribution in [0.5, 0.6) is 0 Å².